The monoisotopic (exact) mass is 413 g/mol. The fourth-order valence-corrected chi connectivity index (χ4v) is 3.63. The second-order valence-electron chi connectivity index (χ2n) is 5.94. The number of aromatic nitrogens is 1. The smallest absolute Gasteiger partial charge is 0.123 e. The molecule has 0 bridgehead atoms. The molecular formula is C21H14BrClFN. The maximum atomic E-state index is 13.7. The molecule has 3 aromatic carbocycles. The molecule has 4 rings (SSSR count). The Kier molecular flexibility index (Phi) is 4.36. The molecule has 0 saturated carbocycles. The van der Waals surface area contributed by atoms with E-state index in [-0.39, 0.29) is 5.82 Å². The van der Waals surface area contributed by atoms with Crippen LogP contribution in [0, 0.1) is 5.82 Å². The van der Waals surface area contributed by atoms with Crippen LogP contribution in [0.4, 0.5) is 4.39 Å². The van der Waals surface area contributed by atoms with Crippen LogP contribution in [0.2, 0.25) is 5.02 Å². The zero-order valence-electron chi connectivity index (χ0n) is 13.2. The molecular weight excluding hydrogens is 401 g/mol. The van der Waals surface area contributed by atoms with Gasteiger partial charge in [0, 0.05) is 26.8 Å². The van der Waals surface area contributed by atoms with E-state index in [0.717, 1.165) is 37.8 Å². The Balaban J connectivity index is 1.90. The van der Waals surface area contributed by atoms with Gasteiger partial charge in [0.15, 0.2) is 0 Å². The molecule has 0 aliphatic carbocycles. The van der Waals surface area contributed by atoms with Gasteiger partial charge in [0.2, 0.25) is 0 Å². The minimum Gasteiger partial charge on any atom is -0.354 e. The predicted molar refractivity (Wildman–Crippen MR) is 106 cm³/mol. The average molecular weight is 415 g/mol. The van der Waals surface area contributed by atoms with Crippen molar-refractivity contribution in [2.24, 2.45) is 0 Å². The molecule has 4 heteroatoms. The average Bonchev–Trinajstić information content (AvgIpc) is 2.97. The molecule has 1 nitrogen and oxygen atoms in total. The number of aromatic amines is 1. The highest BCUT2D eigenvalue weighted by Crippen LogP contribution is 2.34. The molecule has 0 aliphatic rings. The van der Waals surface area contributed by atoms with Crippen molar-refractivity contribution >= 4 is 38.4 Å². The normalized spacial score (nSPS) is 11.2. The highest BCUT2D eigenvalue weighted by atomic mass is 79.9. The van der Waals surface area contributed by atoms with Crippen LogP contribution < -0.4 is 0 Å². The van der Waals surface area contributed by atoms with Crippen molar-refractivity contribution in [2.75, 3.05) is 0 Å². The van der Waals surface area contributed by atoms with E-state index in [2.05, 4.69) is 33.0 Å². The third kappa shape index (κ3) is 3.22. The number of H-pyrrole nitrogens is 1. The zero-order valence-corrected chi connectivity index (χ0v) is 15.5. The maximum Gasteiger partial charge on any atom is 0.123 e. The largest absolute Gasteiger partial charge is 0.354 e. The van der Waals surface area contributed by atoms with Crippen LogP contribution in [-0.4, -0.2) is 4.98 Å². The van der Waals surface area contributed by atoms with Crippen LogP contribution in [0.5, 0.6) is 0 Å². The predicted octanol–water partition coefficient (Wildman–Crippen LogP) is 6.98. The Morgan fingerprint density at radius 2 is 1.72 bits per heavy atom. The van der Waals surface area contributed by atoms with Crippen LogP contribution in [0.1, 0.15) is 11.1 Å². The van der Waals surface area contributed by atoms with E-state index in [1.165, 1.54) is 6.07 Å². The minimum absolute atomic E-state index is 0.230. The lowest BCUT2D eigenvalue weighted by Crippen LogP contribution is -1.93. The van der Waals surface area contributed by atoms with Crippen LogP contribution in [0.3, 0.4) is 0 Å². The number of nitrogens with one attached hydrogen (secondary N) is 1. The van der Waals surface area contributed by atoms with Gasteiger partial charge in [0.25, 0.3) is 0 Å². The van der Waals surface area contributed by atoms with Crippen molar-refractivity contribution in [3.63, 3.8) is 0 Å². The number of halogens is 3. The standard InChI is InChI=1S/C21H14BrClFN/c22-19-10-9-16(24)11-14(19)12-18-17-3-1-2-4-20(17)25-21(18)13-5-7-15(23)8-6-13/h1-11,25H,12H2. The molecule has 1 aromatic heterocycles. The summed E-state index contributed by atoms with van der Waals surface area (Å²) >= 11 is 9.56. The third-order valence-corrected chi connectivity index (χ3v) is 5.35. The quantitative estimate of drug-likeness (QED) is 0.372. The first-order chi connectivity index (χ1) is 12.1. The Labute approximate surface area is 158 Å². The van der Waals surface area contributed by atoms with Gasteiger partial charge in [-0.2, -0.15) is 0 Å². The van der Waals surface area contributed by atoms with E-state index < -0.39 is 0 Å². The van der Waals surface area contributed by atoms with Gasteiger partial charge in [0.05, 0.1) is 5.69 Å². The number of hydrogen-bond acceptors (Lipinski definition) is 0. The summed E-state index contributed by atoms with van der Waals surface area (Å²) in [6.07, 6.45) is 0.625. The van der Waals surface area contributed by atoms with E-state index >= 15 is 0 Å². The van der Waals surface area contributed by atoms with Crippen LogP contribution in [0.25, 0.3) is 22.2 Å². The summed E-state index contributed by atoms with van der Waals surface area (Å²) < 4.78 is 14.6. The van der Waals surface area contributed by atoms with Gasteiger partial charge in [-0.1, -0.05) is 57.9 Å². The van der Waals surface area contributed by atoms with E-state index in [4.69, 9.17) is 11.6 Å². The molecule has 0 spiro atoms. The van der Waals surface area contributed by atoms with Crippen molar-refractivity contribution in [2.45, 2.75) is 6.42 Å². The van der Waals surface area contributed by atoms with E-state index in [1.54, 1.807) is 12.1 Å². The fourth-order valence-electron chi connectivity index (χ4n) is 3.12. The van der Waals surface area contributed by atoms with E-state index in [1.807, 2.05) is 36.4 Å². The van der Waals surface area contributed by atoms with Crippen molar-refractivity contribution in [3.8, 4) is 11.3 Å². The Hall–Kier alpha value is -2.10. The molecule has 0 atom stereocenters. The summed E-state index contributed by atoms with van der Waals surface area (Å²) in [6, 6.07) is 20.7. The zero-order chi connectivity index (χ0) is 17.4. The van der Waals surface area contributed by atoms with E-state index in [9.17, 15) is 4.39 Å². The number of benzene rings is 3. The van der Waals surface area contributed by atoms with Crippen LogP contribution in [0.15, 0.2) is 71.2 Å². The first-order valence-electron chi connectivity index (χ1n) is 7.91. The summed E-state index contributed by atoms with van der Waals surface area (Å²) in [6.45, 7) is 0. The Bertz CT molecular complexity index is 1050. The number of rotatable bonds is 3. The third-order valence-electron chi connectivity index (χ3n) is 4.32. The first kappa shape index (κ1) is 16.4. The van der Waals surface area contributed by atoms with Crippen molar-refractivity contribution in [3.05, 3.63) is 93.2 Å². The summed E-state index contributed by atoms with van der Waals surface area (Å²) in [5, 5.41) is 1.85. The molecule has 0 aliphatic heterocycles. The molecule has 1 N–H and O–H groups in total. The first-order valence-corrected chi connectivity index (χ1v) is 9.08. The van der Waals surface area contributed by atoms with Crippen LogP contribution in [-0.2, 0) is 6.42 Å². The van der Waals surface area contributed by atoms with Crippen molar-refractivity contribution in [1.29, 1.82) is 0 Å². The van der Waals surface area contributed by atoms with Gasteiger partial charge in [0.1, 0.15) is 5.82 Å². The summed E-state index contributed by atoms with van der Waals surface area (Å²) in [4.78, 5) is 3.50. The topological polar surface area (TPSA) is 15.8 Å². The lowest BCUT2D eigenvalue weighted by Gasteiger charge is -2.08. The molecule has 0 amide bonds. The van der Waals surface area contributed by atoms with Gasteiger partial charge in [-0.15, -0.1) is 0 Å². The second-order valence-corrected chi connectivity index (χ2v) is 7.23. The molecule has 0 unspecified atom stereocenters. The van der Waals surface area contributed by atoms with Crippen LogP contribution >= 0.6 is 27.5 Å². The summed E-state index contributed by atoms with van der Waals surface area (Å²) in [5.41, 5.74) is 5.22. The van der Waals surface area contributed by atoms with E-state index in [0.29, 0.717) is 11.4 Å². The summed E-state index contributed by atoms with van der Waals surface area (Å²) in [5.74, 6) is -0.230. The fraction of sp³-hybridized carbons (Fsp3) is 0.0476. The van der Waals surface area contributed by atoms with Crippen molar-refractivity contribution in [1.82, 2.24) is 4.98 Å². The number of hydrogen-bond donors (Lipinski definition) is 1. The second kappa shape index (κ2) is 6.66. The Morgan fingerprint density at radius 3 is 2.52 bits per heavy atom. The molecule has 1 heterocycles. The molecule has 0 radical (unpaired) electrons. The molecule has 25 heavy (non-hydrogen) atoms. The molecule has 0 fully saturated rings. The minimum atomic E-state index is -0.230. The lowest BCUT2D eigenvalue weighted by atomic mass is 9.98. The molecule has 124 valence electrons. The summed E-state index contributed by atoms with van der Waals surface area (Å²) in [7, 11) is 0. The van der Waals surface area contributed by atoms with Gasteiger partial charge in [-0.3, -0.25) is 0 Å². The van der Waals surface area contributed by atoms with Gasteiger partial charge in [-0.25, -0.2) is 4.39 Å². The highest BCUT2D eigenvalue weighted by molar-refractivity contribution is 9.10. The highest BCUT2D eigenvalue weighted by Gasteiger charge is 2.15. The molecule has 4 aromatic rings. The maximum absolute atomic E-state index is 13.7. The molecule has 0 saturated heterocycles. The van der Waals surface area contributed by atoms with Gasteiger partial charge >= 0.3 is 0 Å². The van der Waals surface area contributed by atoms with Crippen molar-refractivity contribution < 1.29 is 4.39 Å². The lowest BCUT2D eigenvalue weighted by molar-refractivity contribution is 0.625. The SMILES string of the molecule is Fc1ccc(Br)c(Cc2c(-c3ccc(Cl)cc3)[nH]c3ccccc23)c1. The number of fused-ring (bicyclic) bond motifs is 1. The Morgan fingerprint density at radius 1 is 0.960 bits per heavy atom. The number of para-hydroxylation sites is 1. The van der Waals surface area contributed by atoms with Gasteiger partial charge in [-0.05, 0) is 53.1 Å². The van der Waals surface area contributed by atoms with Gasteiger partial charge < -0.3 is 4.98 Å².